The Labute approximate surface area is 744 Å². The first kappa shape index (κ1) is 115. The van der Waals surface area contributed by atoms with Crippen LogP contribution in [0, 0.1) is 0 Å². The van der Waals surface area contributed by atoms with Crippen molar-refractivity contribution in [2.75, 3.05) is 26.4 Å². The van der Waals surface area contributed by atoms with Crippen molar-refractivity contribution in [3.8, 4) is 0 Å². The van der Waals surface area contributed by atoms with Gasteiger partial charge in [-0.1, -0.05) is 413 Å². The monoisotopic (exact) mass is 1780 g/mol. The lowest BCUT2D eigenvalue weighted by atomic mass is 9.84. The first-order valence-corrected chi connectivity index (χ1v) is 52.3. The summed E-state index contributed by atoms with van der Waals surface area (Å²) in [6, 6.07) is 0. The zero-order valence-corrected chi connectivity index (χ0v) is 78.7. The van der Waals surface area contributed by atoms with Crippen LogP contribution in [0.25, 0.3) is 0 Å². The molecule has 18 atom stereocenters. The van der Waals surface area contributed by atoms with Crippen LogP contribution in [-0.4, -0.2) is 205 Å². The zero-order chi connectivity index (χ0) is 89.6. The van der Waals surface area contributed by atoms with Crippen LogP contribution in [0.3, 0.4) is 0 Å². The van der Waals surface area contributed by atoms with Crippen molar-refractivity contribution in [1.29, 1.82) is 0 Å². The number of carbonyl (C=O) groups excluding carboxylic acids is 4. The molecule has 726 valence electrons. The Morgan fingerprint density at radius 1 is 0.293 bits per heavy atom. The smallest absolute Gasteiger partial charge is 0.463 e. The van der Waals surface area contributed by atoms with E-state index in [0.29, 0.717) is 32.1 Å². The molecule has 1 saturated carbocycles. The maximum atomic E-state index is 15.0. The predicted octanol–water partition coefficient (Wildman–Crippen LogP) is 20.1. The first-order valence-electron chi connectivity index (χ1n) is 50.8. The van der Waals surface area contributed by atoms with E-state index >= 15 is 0 Å². The van der Waals surface area contributed by atoms with E-state index in [2.05, 4.69) is 27.7 Å². The molecule has 2 aliphatic heterocycles. The fourth-order valence-corrected chi connectivity index (χ4v) is 18.0. The van der Waals surface area contributed by atoms with Gasteiger partial charge in [-0.05, 0) is 25.7 Å². The standard InChI is InChI=1S/C97H183O25P/c1-5-9-13-17-21-25-29-33-37-41-45-49-53-57-61-65-69-80(99)113-74-77(116-82(101)71-67-63-59-55-51-47-43-39-35-31-27-23-19-15-11-7-3)75-115-123(111,112)122-95-93(120-96-90(109)86(105)84(103)78(73-98)117-96)89(108)88(107)92(119-83(102)72-68-64-60-56-52-48-44-40-36-32-28-24-20-16-12-8-4)94(95)121-97-91(110)87(106)85(104)79(118-97)76-114-81(100)70-66-62-58-54-50-46-42-38-34-30-26-22-18-14-10-6-2/h77-79,84-98,103-110H,5-76H2,1-4H3,(H,111,112). The van der Waals surface area contributed by atoms with E-state index in [1.807, 2.05) is 0 Å². The van der Waals surface area contributed by atoms with Crippen LogP contribution in [0.5, 0.6) is 0 Å². The van der Waals surface area contributed by atoms with Crippen LogP contribution in [0.4, 0.5) is 0 Å². The van der Waals surface area contributed by atoms with E-state index in [-0.39, 0.29) is 25.7 Å². The number of esters is 4. The van der Waals surface area contributed by atoms with Crippen LogP contribution in [0.15, 0.2) is 0 Å². The predicted molar refractivity (Wildman–Crippen MR) is 481 cm³/mol. The van der Waals surface area contributed by atoms with Crippen LogP contribution in [0.1, 0.15) is 464 Å². The molecule has 3 rings (SSSR count). The molecule has 25 nitrogen and oxygen atoms in total. The summed E-state index contributed by atoms with van der Waals surface area (Å²) in [6.07, 6.45) is 36.2. The van der Waals surface area contributed by atoms with Crippen LogP contribution in [-0.2, 0) is 70.7 Å². The van der Waals surface area contributed by atoms with E-state index in [1.54, 1.807) is 0 Å². The fraction of sp³-hybridized carbons (Fsp3) is 0.959. The molecule has 18 unspecified atom stereocenters. The number of carbonyl (C=O) groups is 4. The number of hydrogen-bond donors (Lipinski definition) is 10. The van der Waals surface area contributed by atoms with Crippen molar-refractivity contribution < 1.29 is 122 Å². The molecule has 123 heavy (non-hydrogen) atoms. The van der Waals surface area contributed by atoms with E-state index in [1.165, 1.54) is 250 Å². The van der Waals surface area contributed by atoms with Gasteiger partial charge in [0.25, 0.3) is 0 Å². The minimum atomic E-state index is -5.81. The Morgan fingerprint density at radius 3 is 0.886 bits per heavy atom. The second kappa shape index (κ2) is 76.1. The third-order valence-electron chi connectivity index (χ3n) is 25.1. The number of hydrogen-bond acceptors (Lipinski definition) is 24. The second-order valence-electron chi connectivity index (χ2n) is 36.4. The molecule has 0 aromatic heterocycles. The Balaban J connectivity index is 1.88. The summed E-state index contributed by atoms with van der Waals surface area (Å²) in [5.41, 5.74) is 0. The highest BCUT2D eigenvalue weighted by molar-refractivity contribution is 7.47. The van der Waals surface area contributed by atoms with Crippen molar-refractivity contribution >= 4 is 31.7 Å². The van der Waals surface area contributed by atoms with Gasteiger partial charge in [0.1, 0.15) is 92.6 Å². The van der Waals surface area contributed by atoms with Crippen molar-refractivity contribution in [3.05, 3.63) is 0 Å². The highest BCUT2D eigenvalue weighted by atomic mass is 31.2. The average Bonchev–Trinajstić information content (AvgIpc) is 0.754. The molecular weight excluding hydrogens is 1600 g/mol. The zero-order valence-electron chi connectivity index (χ0n) is 77.8. The van der Waals surface area contributed by atoms with Gasteiger partial charge < -0.3 is 88.7 Å². The largest absolute Gasteiger partial charge is 0.472 e. The highest BCUT2D eigenvalue weighted by Gasteiger charge is 2.60. The summed E-state index contributed by atoms with van der Waals surface area (Å²) < 4.78 is 73.7. The number of aliphatic hydroxyl groups is 9. The van der Waals surface area contributed by atoms with Gasteiger partial charge in [0.15, 0.2) is 24.8 Å². The molecule has 0 spiro atoms. The lowest BCUT2D eigenvalue weighted by Gasteiger charge is -2.50. The van der Waals surface area contributed by atoms with E-state index < -0.39 is 162 Å². The number of phosphoric acid groups is 1. The third-order valence-corrected chi connectivity index (χ3v) is 26.1. The Morgan fingerprint density at radius 2 is 0.561 bits per heavy atom. The van der Waals surface area contributed by atoms with Gasteiger partial charge >= 0.3 is 31.7 Å². The minimum absolute atomic E-state index is 0.0206. The molecule has 3 aliphatic rings. The van der Waals surface area contributed by atoms with Crippen molar-refractivity contribution in [2.45, 2.75) is 568 Å². The van der Waals surface area contributed by atoms with Crippen LogP contribution >= 0.6 is 7.82 Å². The Kier molecular flexibility index (Phi) is 70.9. The molecule has 1 aliphatic carbocycles. The first-order chi connectivity index (χ1) is 59.7. The third kappa shape index (κ3) is 55.4. The summed E-state index contributed by atoms with van der Waals surface area (Å²) >= 11 is 0. The van der Waals surface area contributed by atoms with Gasteiger partial charge in [0, 0.05) is 25.7 Å². The van der Waals surface area contributed by atoms with Crippen molar-refractivity contribution in [3.63, 3.8) is 0 Å². The number of unbranched alkanes of at least 4 members (excludes halogenated alkanes) is 60. The molecule has 26 heteroatoms. The molecule has 10 N–H and O–H groups in total. The van der Waals surface area contributed by atoms with Gasteiger partial charge in [-0.25, -0.2) is 4.57 Å². The van der Waals surface area contributed by atoms with Gasteiger partial charge in [-0.2, -0.15) is 0 Å². The molecule has 0 amide bonds. The quantitative estimate of drug-likeness (QED) is 0.0117. The maximum absolute atomic E-state index is 15.0. The van der Waals surface area contributed by atoms with E-state index in [0.717, 1.165) is 128 Å². The van der Waals surface area contributed by atoms with Crippen molar-refractivity contribution in [1.82, 2.24) is 0 Å². The summed E-state index contributed by atoms with van der Waals surface area (Å²) in [6.45, 7) is 5.69. The number of rotatable bonds is 84. The SMILES string of the molecule is CCCCCCCCCCCCCCCCCCC(=O)OCC(COP(=O)(O)OC1C(OC2OC(CO)C(O)C(O)C2O)C(O)C(O)C(OC(=O)CCCCCCCCCCCCCCCCCC)C1OC1OC(COC(=O)CCCCCCCCCCCCCCCCCC)C(O)C(O)C1O)OC(=O)CCCCCCCCCCCCCCCCCC. The fourth-order valence-electron chi connectivity index (χ4n) is 17.1. The molecule has 0 aromatic rings. The summed E-state index contributed by atoms with van der Waals surface area (Å²) in [7, 11) is -5.81. The van der Waals surface area contributed by atoms with Gasteiger partial charge in [-0.15, -0.1) is 0 Å². The van der Waals surface area contributed by atoms with Crippen LogP contribution in [0.2, 0.25) is 0 Å². The highest BCUT2D eigenvalue weighted by Crippen LogP contribution is 2.49. The molecule has 2 heterocycles. The van der Waals surface area contributed by atoms with Gasteiger partial charge in [-0.3, -0.25) is 28.2 Å². The lowest BCUT2D eigenvalue weighted by molar-refractivity contribution is -0.360. The molecule has 3 fully saturated rings. The summed E-state index contributed by atoms with van der Waals surface area (Å²) in [4.78, 5) is 66.7. The maximum Gasteiger partial charge on any atom is 0.472 e. The Hall–Kier alpha value is -2.53. The summed E-state index contributed by atoms with van der Waals surface area (Å²) in [5, 5.41) is 103. The number of phosphoric ester groups is 1. The summed E-state index contributed by atoms with van der Waals surface area (Å²) in [5.74, 6) is -2.93. The minimum Gasteiger partial charge on any atom is -0.463 e. The number of aliphatic hydroxyl groups excluding tert-OH is 9. The molecule has 0 aromatic carbocycles. The van der Waals surface area contributed by atoms with E-state index in [4.69, 9.17) is 46.9 Å². The van der Waals surface area contributed by atoms with Crippen molar-refractivity contribution in [2.24, 2.45) is 0 Å². The molecular formula is C97H183O25P. The molecule has 2 saturated heterocycles. The topological polar surface area (TPSA) is 380 Å². The number of ether oxygens (including phenoxy) is 8. The second-order valence-corrected chi connectivity index (χ2v) is 37.8. The molecule has 0 bridgehead atoms. The Bertz CT molecular complexity index is 2540. The molecule has 0 radical (unpaired) electrons. The van der Waals surface area contributed by atoms with Gasteiger partial charge in [0.2, 0.25) is 0 Å². The average molecular weight is 1780 g/mol. The lowest BCUT2D eigenvalue weighted by Crippen LogP contribution is -2.70. The van der Waals surface area contributed by atoms with Crippen LogP contribution < -0.4 is 0 Å². The van der Waals surface area contributed by atoms with E-state index in [9.17, 15) is 74.6 Å². The van der Waals surface area contributed by atoms with Gasteiger partial charge in [0.05, 0.1) is 13.2 Å². The normalized spacial score (nSPS) is 24.3.